The molecular formula is C19H20N2O5. The lowest BCUT2D eigenvalue weighted by Crippen LogP contribution is -2.03. The van der Waals surface area contributed by atoms with Crippen LogP contribution in [-0.2, 0) is 0 Å². The molecule has 1 aromatic heterocycles. The first-order valence-corrected chi connectivity index (χ1v) is 8.05. The van der Waals surface area contributed by atoms with Crippen LogP contribution in [0.15, 0.2) is 42.6 Å². The smallest absolute Gasteiger partial charge is 0.169 e. The molecule has 0 unspecified atom stereocenters. The zero-order valence-electron chi connectivity index (χ0n) is 14.5. The molecule has 0 radical (unpaired) electrons. The maximum atomic E-state index is 10.1. The van der Waals surface area contributed by atoms with Crippen molar-refractivity contribution in [3.05, 3.63) is 42.6 Å². The summed E-state index contributed by atoms with van der Waals surface area (Å²) in [5.74, 6) is 1.86. The lowest BCUT2D eigenvalue weighted by molar-refractivity contribution is 0.196. The van der Waals surface area contributed by atoms with Gasteiger partial charge in [0, 0.05) is 36.5 Å². The van der Waals surface area contributed by atoms with E-state index in [1.54, 1.807) is 49.6 Å². The second kappa shape index (κ2) is 7.79. The summed E-state index contributed by atoms with van der Waals surface area (Å²) in [5, 5.41) is 22.8. The SMILES string of the molecule is CNc1ccc(Oc2ccnc3cc(OCCO)c(OC)cc23)c(O)c1. The van der Waals surface area contributed by atoms with Gasteiger partial charge >= 0.3 is 0 Å². The Balaban J connectivity index is 2.01. The van der Waals surface area contributed by atoms with Crippen molar-refractivity contribution in [3.63, 3.8) is 0 Å². The van der Waals surface area contributed by atoms with E-state index in [4.69, 9.17) is 19.3 Å². The maximum absolute atomic E-state index is 10.1. The number of rotatable bonds is 7. The molecule has 0 aliphatic carbocycles. The molecule has 3 N–H and O–H groups in total. The van der Waals surface area contributed by atoms with Crippen molar-refractivity contribution in [1.29, 1.82) is 0 Å². The molecule has 0 spiro atoms. The van der Waals surface area contributed by atoms with Crippen LogP contribution in [-0.4, -0.2) is 42.6 Å². The van der Waals surface area contributed by atoms with Gasteiger partial charge in [-0.25, -0.2) is 0 Å². The molecule has 0 saturated carbocycles. The first-order valence-electron chi connectivity index (χ1n) is 8.05. The molecule has 26 heavy (non-hydrogen) atoms. The molecule has 0 fully saturated rings. The number of ether oxygens (including phenoxy) is 3. The number of nitrogens with one attached hydrogen (secondary N) is 1. The van der Waals surface area contributed by atoms with Crippen molar-refractivity contribution < 1.29 is 24.4 Å². The molecule has 3 aromatic rings. The van der Waals surface area contributed by atoms with Gasteiger partial charge < -0.3 is 29.7 Å². The molecular weight excluding hydrogens is 336 g/mol. The van der Waals surface area contributed by atoms with E-state index >= 15 is 0 Å². The largest absolute Gasteiger partial charge is 0.504 e. The van der Waals surface area contributed by atoms with Crippen molar-refractivity contribution in [3.8, 4) is 28.7 Å². The quantitative estimate of drug-likeness (QED) is 0.599. The molecule has 1 heterocycles. The Bertz CT molecular complexity index is 914. The van der Waals surface area contributed by atoms with E-state index in [9.17, 15) is 5.11 Å². The van der Waals surface area contributed by atoms with Gasteiger partial charge in [0.15, 0.2) is 23.0 Å². The number of benzene rings is 2. The van der Waals surface area contributed by atoms with Crippen molar-refractivity contribution >= 4 is 16.6 Å². The van der Waals surface area contributed by atoms with Crippen LogP contribution in [0.5, 0.6) is 28.7 Å². The molecule has 7 heteroatoms. The summed E-state index contributed by atoms with van der Waals surface area (Å²) in [4.78, 5) is 4.33. The number of hydrogen-bond acceptors (Lipinski definition) is 7. The zero-order valence-corrected chi connectivity index (χ0v) is 14.5. The topological polar surface area (TPSA) is 93.1 Å². The van der Waals surface area contributed by atoms with Gasteiger partial charge in [0.2, 0.25) is 0 Å². The minimum absolute atomic E-state index is 0.0247. The lowest BCUT2D eigenvalue weighted by Gasteiger charge is -2.14. The monoisotopic (exact) mass is 356 g/mol. The highest BCUT2D eigenvalue weighted by molar-refractivity contribution is 5.88. The van der Waals surface area contributed by atoms with Crippen LogP contribution in [0.4, 0.5) is 5.69 Å². The van der Waals surface area contributed by atoms with Gasteiger partial charge in [0.25, 0.3) is 0 Å². The molecule has 7 nitrogen and oxygen atoms in total. The van der Waals surface area contributed by atoms with Crippen molar-refractivity contribution in [2.24, 2.45) is 0 Å². The Morgan fingerprint density at radius 2 is 1.88 bits per heavy atom. The number of aliphatic hydroxyl groups is 1. The van der Waals surface area contributed by atoms with Gasteiger partial charge in [-0.1, -0.05) is 0 Å². The predicted molar refractivity (Wildman–Crippen MR) is 98.6 cm³/mol. The van der Waals surface area contributed by atoms with Crippen LogP contribution in [0.25, 0.3) is 10.9 Å². The van der Waals surface area contributed by atoms with Gasteiger partial charge in [0.05, 0.1) is 19.2 Å². The Hall–Kier alpha value is -3.19. The normalized spacial score (nSPS) is 10.6. The number of aromatic hydroxyl groups is 1. The van der Waals surface area contributed by atoms with Crippen molar-refractivity contribution in [2.75, 3.05) is 32.7 Å². The lowest BCUT2D eigenvalue weighted by atomic mass is 10.1. The summed E-state index contributed by atoms with van der Waals surface area (Å²) in [7, 11) is 3.31. The highest BCUT2D eigenvalue weighted by Crippen LogP contribution is 2.39. The van der Waals surface area contributed by atoms with E-state index in [1.807, 2.05) is 0 Å². The molecule has 3 rings (SSSR count). The average Bonchev–Trinajstić information content (AvgIpc) is 2.67. The zero-order chi connectivity index (χ0) is 18.5. The van der Waals surface area contributed by atoms with Gasteiger partial charge in [-0.3, -0.25) is 4.98 Å². The minimum Gasteiger partial charge on any atom is -0.504 e. The number of hydrogen-bond donors (Lipinski definition) is 3. The Morgan fingerprint density at radius 3 is 2.58 bits per heavy atom. The standard InChI is InChI=1S/C19H20N2O5/c1-20-12-3-4-17(15(23)9-12)26-16-5-6-21-14-11-19(25-8-7-22)18(24-2)10-13(14)16/h3-6,9-11,20,22-23H,7-8H2,1-2H3. The van der Waals surface area contributed by atoms with Crippen LogP contribution in [0.2, 0.25) is 0 Å². The number of phenolic OH excluding ortho intramolecular Hbond substituents is 1. The predicted octanol–water partition coefficient (Wildman–Crippen LogP) is 3.15. The van der Waals surface area contributed by atoms with E-state index in [0.29, 0.717) is 33.9 Å². The average molecular weight is 356 g/mol. The molecule has 0 saturated heterocycles. The first kappa shape index (κ1) is 17.6. The van der Waals surface area contributed by atoms with E-state index < -0.39 is 0 Å². The third-order valence-corrected chi connectivity index (χ3v) is 3.80. The summed E-state index contributed by atoms with van der Waals surface area (Å²) >= 11 is 0. The third kappa shape index (κ3) is 3.57. The van der Waals surface area contributed by atoms with Crippen LogP contribution in [0.3, 0.4) is 0 Å². The fourth-order valence-corrected chi connectivity index (χ4v) is 2.52. The number of pyridine rings is 1. The second-order valence-electron chi connectivity index (χ2n) is 5.44. The Morgan fingerprint density at radius 1 is 1.04 bits per heavy atom. The van der Waals surface area contributed by atoms with Crippen LogP contribution in [0.1, 0.15) is 0 Å². The molecule has 0 bridgehead atoms. The van der Waals surface area contributed by atoms with E-state index in [2.05, 4.69) is 10.3 Å². The number of fused-ring (bicyclic) bond motifs is 1. The fourth-order valence-electron chi connectivity index (χ4n) is 2.52. The molecule has 0 amide bonds. The van der Waals surface area contributed by atoms with Gasteiger partial charge in [-0.15, -0.1) is 0 Å². The molecule has 2 aromatic carbocycles. The number of aromatic nitrogens is 1. The summed E-state index contributed by atoms with van der Waals surface area (Å²) in [6.07, 6.45) is 1.61. The Labute approximate surface area is 150 Å². The maximum Gasteiger partial charge on any atom is 0.169 e. The summed E-state index contributed by atoms with van der Waals surface area (Å²) in [6.45, 7) is 0.0589. The van der Waals surface area contributed by atoms with E-state index in [0.717, 1.165) is 5.69 Å². The number of aliphatic hydroxyl groups excluding tert-OH is 1. The van der Waals surface area contributed by atoms with E-state index in [1.165, 1.54) is 7.11 Å². The Kier molecular flexibility index (Phi) is 5.28. The molecule has 0 atom stereocenters. The second-order valence-corrected chi connectivity index (χ2v) is 5.44. The summed E-state index contributed by atoms with van der Waals surface area (Å²) in [6, 6.07) is 10.3. The first-order chi connectivity index (χ1) is 12.7. The summed E-state index contributed by atoms with van der Waals surface area (Å²) in [5.41, 5.74) is 1.42. The number of nitrogens with zero attached hydrogens (tertiary/aromatic N) is 1. The number of anilines is 1. The van der Waals surface area contributed by atoms with Crippen LogP contribution in [0, 0.1) is 0 Å². The third-order valence-electron chi connectivity index (χ3n) is 3.80. The molecule has 0 aliphatic heterocycles. The van der Waals surface area contributed by atoms with E-state index in [-0.39, 0.29) is 19.0 Å². The highest BCUT2D eigenvalue weighted by Gasteiger charge is 2.13. The van der Waals surface area contributed by atoms with Crippen LogP contribution >= 0.6 is 0 Å². The van der Waals surface area contributed by atoms with Crippen molar-refractivity contribution in [1.82, 2.24) is 4.98 Å². The fraction of sp³-hybridized carbons (Fsp3) is 0.211. The number of phenols is 1. The van der Waals surface area contributed by atoms with Gasteiger partial charge in [-0.05, 0) is 24.3 Å². The van der Waals surface area contributed by atoms with Crippen LogP contribution < -0.4 is 19.5 Å². The minimum atomic E-state index is -0.0976. The van der Waals surface area contributed by atoms with Gasteiger partial charge in [-0.2, -0.15) is 0 Å². The summed E-state index contributed by atoms with van der Waals surface area (Å²) < 4.78 is 16.7. The van der Waals surface area contributed by atoms with Gasteiger partial charge in [0.1, 0.15) is 12.4 Å². The number of methoxy groups -OCH3 is 1. The highest BCUT2D eigenvalue weighted by atomic mass is 16.5. The molecule has 0 aliphatic rings. The molecule has 136 valence electrons. The van der Waals surface area contributed by atoms with Crippen molar-refractivity contribution in [2.45, 2.75) is 0 Å².